The SMILES string of the molecule is CC1CN(C(C#N)c2cccc(F)c2)CCO1. The first-order valence-corrected chi connectivity index (χ1v) is 5.71. The van der Waals surface area contributed by atoms with Crippen molar-refractivity contribution in [3.05, 3.63) is 35.6 Å². The van der Waals surface area contributed by atoms with Crippen LogP contribution in [0.5, 0.6) is 0 Å². The molecule has 3 nitrogen and oxygen atoms in total. The normalized spacial score (nSPS) is 23.0. The standard InChI is InChI=1S/C13H15FN2O/c1-10-9-16(5-6-17-10)13(8-15)11-3-2-4-12(14)7-11/h2-4,7,10,13H,5-6,9H2,1H3. The van der Waals surface area contributed by atoms with Crippen molar-refractivity contribution in [3.63, 3.8) is 0 Å². The fourth-order valence-corrected chi connectivity index (χ4v) is 2.12. The third-order valence-corrected chi connectivity index (χ3v) is 2.92. The van der Waals surface area contributed by atoms with Crippen LogP contribution in [-0.4, -0.2) is 30.7 Å². The predicted molar refractivity (Wildman–Crippen MR) is 61.7 cm³/mol. The molecule has 0 radical (unpaired) electrons. The Bertz CT molecular complexity index is 430. The van der Waals surface area contributed by atoms with Crippen LogP contribution in [0.3, 0.4) is 0 Å². The fourth-order valence-electron chi connectivity index (χ4n) is 2.12. The van der Waals surface area contributed by atoms with E-state index in [1.165, 1.54) is 12.1 Å². The van der Waals surface area contributed by atoms with Crippen LogP contribution < -0.4 is 0 Å². The van der Waals surface area contributed by atoms with E-state index in [1.54, 1.807) is 12.1 Å². The summed E-state index contributed by atoms with van der Waals surface area (Å²) in [4.78, 5) is 2.03. The van der Waals surface area contributed by atoms with E-state index in [0.717, 1.165) is 0 Å². The predicted octanol–water partition coefficient (Wildman–Crippen LogP) is 2.11. The molecule has 0 N–H and O–H groups in total. The van der Waals surface area contributed by atoms with E-state index in [0.29, 0.717) is 25.3 Å². The number of halogens is 1. The highest BCUT2D eigenvalue weighted by Crippen LogP contribution is 2.22. The fraction of sp³-hybridized carbons (Fsp3) is 0.462. The number of benzene rings is 1. The van der Waals surface area contributed by atoms with Gasteiger partial charge in [0.1, 0.15) is 11.9 Å². The number of nitrogens with zero attached hydrogens (tertiary/aromatic N) is 2. The molecule has 1 saturated heterocycles. The largest absolute Gasteiger partial charge is 0.376 e. The van der Waals surface area contributed by atoms with Gasteiger partial charge in [-0.1, -0.05) is 12.1 Å². The van der Waals surface area contributed by atoms with Crippen LogP contribution >= 0.6 is 0 Å². The number of rotatable bonds is 2. The number of morpholine rings is 1. The molecule has 0 aliphatic carbocycles. The smallest absolute Gasteiger partial charge is 0.124 e. The lowest BCUT2D eigenvalue weighted by Gasteiger charge is -2.34. The van der Waals surface area contributed by atoms with E-state index in [2.05, 4.69) is 6.07 Å². The molecule has 1 aliphatic heterocycles. The number of ether oxygens (including phenoxy) is 1. The molecule has 1 heterocycles. The van der Waals surface area contributed by atoms with Gasteiger partial charge in [-0.25, -0.2) is 4.39 Å². The topological polar surface area (TPSA) is 36.3 Å². The molecule has 1 aliphatic rings. The molecule has 2 atom stereocenters. The van der Waals surface area contributed by atoms with Crippen molar-refractivity contribution in [2.75, 3.05) is 19.7 Å². The summed E-state index contributed by atoms with van der Waals surface area (Å²) >= 11 is 0. The van der Waals surface area contributed by atoms with Crippen LogP contribution in [-0.2, 0) is 4.74 Å². The highest BCUT2D eigenvalue weighted by molar-refractivity contribution is 5.25. The molecule has 4 heteroatoms. The molecule has 1 aromatic carbocycles. The molecular formula is C13H15FN2O. The Labute approximate surface area is 100 Å². The number of nitriles is 1. The highest BCUT2D eigenvalue weighted by Gasteiger charge is 2.25. The first kappa shape index (κ1) is 12.0. The third-order valence-electron chi connectivity index (χ3n) is 2.92. The minimum Gasteiger partial charge on any atom is -0.376 e. The zero-order valence-corrected chi connectivity index (χ0v) is 9.77. The number of hydrogen-bond acceptors (Lipinski definition) is 3. The average molecular weight is 234 g/mol. The molecule has 1 aromatic rings. The van der Waals surface area contributed by atoms with Crippen molar-refractivity contribution in [2.45, 2.75) is 19.1 Å². The van der Waals surface area contributed by atoms with Gasteiger partial charge < -0.3 is 4.74 Å². The monoisotopic (exact) mass is 234 g/mol. The molecule has 0 bridgehead atoms. The van der Waals surface area contributed by atoms with Crippen LogP contribution in [0.15, 0.2) is 24.3 Å². The summed E-state index contributed by atoms with van der Waals surface area (Å²) in [5.41, 5.74) is 0.710. The lowest BCUT2D eigenvalue weighted by molar-refractivity contribution is -0.0269. The second-order valence-corrected chi connectivity index (χ2v) is 4.26. The molecule has 0 aromatic heterocycles. The third kappa shape index (κ3) is 2.82. The molecule has 0 saturated carbocycles. The Morgan fingerprint density at radius 3 is 3.06 bits per heavy atom. The molecule has 0 amide bonds. The second-order valence-electron chi connectivity index (χ2n) is 4.26. The van der Waals surface area contributed by atoms with Crippen molar-refractivity contribution in [2.24, 2.45) is 0 Å². The van der Waals surface area contributed by atoms with Crippen LogP contribution in [0.2, 0.25) is 0 Å². The Kier molecular flexibility index (Phi) is 3.72. The maximum Gasteiger partial charge on any atom is 0.124 e. The Hall–Kier alpha value is -1.44. The molecule has 90 valence electrons. The van der Waals surface area contributed by atoms with Crippen molar-refractivity contribution >= 4 is 0 Å². The Balaban J connectivity index is 2.19. The van der Waals surface area contributed by atoms with E-state index in [4.69, 9.17) is 4.74 Å². The van der Waals surface area contributed by atoms with Gasteiger partial charge in [-0.05, 0) is 24.6 Å². The molecule has 1 fully saturated rings. The van der Waals surface area contributed by atoms with E-state index in [-0.39, 0.29) is 11.9 Å². The number of hydrogen-bond donors (Lipinski definition) is 0. The highest BCUT2D eigenvalue weighted by atomic mass is 19.1. The molecular weight excluding hydrogens is 219 g/mol. The minimum atomic E-state index is -0.392. The van der Waals surface area contributed by atoms with E-state index in [1.807, 2.05) is 11.8 Å². The van der Waals surface area contributed by atoms with Gasteiger partial charge in [-0.15, -0.1) is 0 Å². The van der Waals surface area contributed by atoms with Gasteiger partial charge in [0, 0.05) is 13.1 Å². The quantitative estimate of drug-likeness (QED) is 0.786. The van der Waals surface area contributed by atoms with Crippen molar-refractivity contribution in [1.82, 2.24) is 4.90 Å². The van der Waals surface area contributed by atoms with E-state index in [9.17, 15) is 9.65 Å². The van der Waals surface area contributed by atoms with Crippen molar-refractivity contribution in [3.8, 4) is 6.07 Å². The van der Waals surface area contributed by atoms with E-state index < -0.39 is 6.04 Å². The van der Waals surface area contributed by atoms with Crippen LogP contribution in [0.25, 0.3) is 0 Å². The van der Waals surface area contributed by atoms with Crippen LogP contribution in [0, 0.1) is 17.1 Å². The molecule has 0 spiro atoms. The lowest BCUT2D eigenvalue weighted by atomic mass is 10.1. The van der Waals surface area contributed by atoms with Gasteiger partial charge in [0.2, 0.25) is 0 Å². The summed E-state index contributed by atoms with van der Waals surface area (Å²) in [6.45, 7) is 4.01. The van der Waals surface area contributed by atoms with Gasteiger partial charge in [-0.2, -0.15) is 5.26 Å². The second kappa shape index (κ2) is 5.26. The van der Waals surface area contributed by atoms with Gasteiger partial charge in [-0.3, -0.25) is 4.90 Å². The molecule has 17 heavy (non-hydrogen) atoms. The van der Waals surface area contributed by atoms with Gasteiger partial charge in [0.15, 0.2) is 0 Å². The summed E-state index contributed by atoms with van der Waals surface area (Å²) in [5.74, 6) is -0.302. The maximum absolute atomic E-state index is 13.2. The van der Waals surface area contributed by atoms with Crippen molar-refractivity contribution < 1.29 is 9.13 Å². The average Bonchev–Trinajstić information content (AvgIpc) is 2.30. The van der Waals surface area contributed by atoms with E-state index >= 15 is 0 Å². The first-order chi connectivity index (χ1) is 8.20. The van der Waals surface area contributed by atoms with Crippen molar-refractivity contribution in [1.29, 1.82) is 5.26 Å². The zero-order valence-electron chi connectivity index (χ0n) is 9.77. The van der Waals surface area contributed by atoms with Gasteiger partial charge >= 0.3 is 0 Å². The molecule has 2 rings (SSSR count). The summed E-state index contributed by atoms with van der Waals surface area (Å²) < 4.78 is 18.6. The first-order valence-electron chi connectivity index (χ1n) is 5.71. The van der Waals surface area contributed by atoms with Gasteiger partial charge in [0.05, 0.1) is 18.8 Å². The lowest BCUT2D eigenvalue weighted by Crippen LogP contribution is -2.42. The zero-order chi connectivity index (χ0) is 12.3. The molecule has 2 unspecified atom stereocenters. The van der Waals surface area contributed by atoms with Crippen LogP contribution in [0.4, 0.5) is 4.39 Å². The summed E-state index contributed by atoms with van der Waals surface area (Å²) in [7, 11) is 0. The summed E-state index contributed by atoms with van der Waals surface area (Å²) in [5, 5.41) is 9.25. The Morgan fingerprint density at radius 2 is 2.41 bits per heavy atom. The summed E-state index contributed by atoms with van der Waals surface area (Å²) in [6, 6.07) is 8.09. The van der Waals surface area contributed by atoms with Crippen LogP contribution in [0.1, 0.15) is 18.5 Å². The minimum absolute atomic E-state index is 0.119. The van der Waals surface area contributed by atoms with Gasteiger partial charge in [0.25, 0.3) is 0 Å². The Morgan fingerprint density at radius 1 is 1.59 bits per heavy atom. The summed E-state index contributed by atoms with van der Waals surface area (Å²) in [6.07, 6.45) is 0.119. The maximum atomic E-state index is 13.2.